The molecule has 0 radical (unpaired) electrons. The second-order valence-corrected chi connectivity index (χ2v) is 4.38. The molecule has 1 aromatic rings. The van der Waals surface area contributed by atoms with E-state index in [0.717, 1.165) is 24.5 Å². The van der Waals surface area contributed by atoms with Crippen LogP contribution in [0.5, 0.6) is 5.75 Å². The minimum Gasteiger partial charge on any atom is -0.491 e. The van der Waals surface area contributed by atoms with Crippen molar-refractivity contribution in [2.45, 2.75) is 18.8 Å². The molecule has 1 aromatic carbocycles. The quantitative estimate of drug-likeness (QED) is 0.671. The van der Waals surface area contributed by atoms with Gasteiger partial charge in [-0.25, -0.2) is 0 Å². The standard InChI is InChI=1S/C13H16O4/c1-2-10(5-14-6-12-7-16-12)4-11(3-1)15-8-13-9-17-13/h1-4,12-13H,5-9H2. The number of benzene rings is 1. The van der Waals surface area contributed by atoms with E-state index in [1.807, 2.05) is 24.3 Å². The van der Waals surface area contributed by atoms with Gasteiger partial charge >= 0.3 is 0 Å². The van der Waals surface area contributed by atoms with Crippen molar-refractivity contribution in [1.82, 2.24) is 0 Å². The average molecular weight is 236 g/mol. The van der Waals surface area contributed by atoms with Gasteiger partial charge in [0.05, 0.1) is 26.4 Å². The summed E-state index contributed by atoms with van der Waals surface area (Å²) >= 11 is 0. The van der Waals surface area contributed by atoms with E-state index in [0.29, 0.717) is 32.0 Å². The number of rotatable bonds is 7. The van der Waals surface area contributed by atoms with Gasteiger partial charge < -0.3 is 18.9 Å². The summed E-state index contributed by atoms with van der Waals surface area (Å²) in [7, 11) is 0. The Bertz CT molecular complexity index is 371. The Hall–Kier alpha value is -1.10. The van der Waals surface area contributed by atoms with Crippen LogP contribution in [0.25, 0.3) is 0 Å². The molecule has 0 bridgehead atoms. The predicted molar refractivity (Wildman–Crippen MR) is 61.1 cm³/mol. The molecule has 17 heavy (non-hydrogen) atoms. The van der Waals surface area contributed by atoms with Gasteiger partial charge in [0.15, 0.2) is 0 Å². The smallest absolute Gasteiger partial charge is 0.119 e. The van der Waals surface area contributed by atoms with Crippen LogP contribution in [-0.4, -0.2) is 38.6 Å². The Morgan fingerprint density at radius 1 is 1.12 bits per heavy atom. The molecule has 2 heterocycles. The predicted octanol–water partition coefficient (Wildman–Crippen LogP) is 1.38. The Morgan fingerprint density at radius 2 is 1.88 bits per heavy atom. The SMILES string of the molecule is c1cc(COCC2CO2)cc(OCC2CO2)c1. The van der Waals surface area contributed by atoms with Crippen LogP contribution in [0.3, 0.4) is 0 Å². The lowest BCUT2D eigenvalue weighted by Crippen LogP contribution is -2.05. The summed E-state index contributed by atoms with van der Waals surface area (Å²) in [4.78, 5) is 0. The van der Waals surface area contributed by atoms with E-state index in [9.17, 15) is 0 Å². The molecule has 2 fully saturated rings. The summed E-state index contributed by atoms with van der Waals surface area (Å²) < 4.78 is 21.3. The molecular weight excluding hydrogens is 220 g/mol. The lowest BCUT2D eigenvalue weighted by atomic mass is 10.2. The molecular formula is C13H16O4. The molecule has 4 nitrogen and oxygen atoms in total. The largest absolute Gasteiger partial charge is 0.491 e. The van der Waals surface area contributed by atoms with Crippen molar-refractivity contribution in [3.05, 3.63) is 29.8 Å². The van der Waals surface area contributed by atoms with Crippen molar-refractivity contribution < 1.29 is 18.9 Å². The highest BCUT2D eigenvalue weighted by molar-refractivity contribution is 5.28. The molecule has 0 saturated carbocycles. The summed E-state index contributed by atoms with van der Waals surface area (Å²) in [5.41, 5.74) is 1.12. The molecule has 0 aliphatic carbocycles. The minimum absolute atomic E-state index is 0.293. The van der Waals surface area contributed by atoms with Gasteiger partial charge in [-0.05, 0) is 17.7 Å². The maximum Gasteiger partial charge on any atom is 0.119 e. The van der Waals surface area contributed by atoms with E-state index >= 15 is 0 Å². The molecule has 0 amide bonds. The summed E-state index contributed by atoms with van der Waals surface area (Å²) in [5.74, 6) is 0.879. The molecule has 4 heteroatoms. The monoisotopic (exact) mass is 236 g/mol. The molecule has 3 rings (SSSR count). The van der Waals surface area contributed by atoms with E-state index in [2.05, 4.69) is 0 Å². The molecule has 2 aliphatic rings. The van der Waals surface area contributed by atoms with Crippen molar-refractivity contribution in [1.29, 1.82) is 0 Å². The summed E-state index contributed by atoms with van der Waals surface area (Å²) in [6, 6.07) is 7.98. The molecule has 2 unspecified atom stereocenters. The van der Waals surface area contributed by atoms with Crippen LogP contribution < -0.4 is 4.74 Å². The molecule has 0 aromatic heterocycles. The summed E-state index contributed by atoms with van der Waals surface area (Å²) in [6.07, 6.45) is 0.614. The Labute approximate surface area is 100 Å². The maximum atomic E-state index is 5.61. The van der Waals surface area contributed by atoms with E-state index in [1.165, 1.54) is 0 Å². The third-order valence-corrected chi connectivity index (χ3v) is 2.71. The van der Waals surface area contributed by atoms with Gasteiger partial charge in [0.25, 0.3) is 0 Å². The zero-order valence-electron chi connectivity index (χ0n) is 9.63. The fourth-order valence-corrected chi connectivity index (χ4v) is 1.55. The van der Waals surface area contributed by atoms with Gasteiger partial charge in [-0.2, -0.15) is 0 Å². The van der Waals surface area contributed by atoms with Crippen LogP contribution in [0.15, 0.2) is 24.3 Å². The first kappa shape index (κ1) is 11.0. The van der Waals surface area contributed by atoms with Crippen molar-refractivity contribution in [2.24, 2.45) is 0 Å². The van der Waals surface area contributed by atoms with Gasteiger partial charge in [-0.1, -0.05) is 12.1 Å². The summed E-state index contributed by atoms with van der Waals surface area (Å²) in [5, 5.41) is 0. The van der Waals surface area contributed by atoms with Gasteiger partial charge in [-0.15, -0.1) is 0 Å². The third-order valence-electron chi connectivity index (χ3n) is 2.71. The van der Waals surface area contributed by atoms with Crippen LogP contribution in [0.4, 0.5) is 0 Å². The highest BCUT2D eigenvalue weighted by Gasteiger charge is 2.23. The van der Waals surface area contributed by atoms with Crippen molar-refractivity contribution in [3.63, 3.8) is 0 Å². The molecule has 92 valence electrons. The Morgan fingerprint density at radius 3 is 2.65 bits per heavy atom. The lowest BCUT2D eigenvalue weighted by Gasteiger charge is -2.07. The van der Waals surface area contributed by atoms with Crippen molar-refractivity contribution in [2.75, 3.05) is 26.4 Å². The Kier molecular flexibility index (Phi) is 3.27. The third kappa shape index (κ3) is 3.70. The minimum atomic E-state index is 0.293. The second kappa shape index (κ2) is 5.04. The first-order valence-corrected chi connectivity index (χ1v) is 5.93. The average Bonchev–Trinajstić information content (AvgIpc) is 3.22. The number of hydrogen-bond acceptors (Lipinski definition) is 4. The van der Waals surface area contributed by atoms with E-state index in [1.54, 1.807) is 0 Å². The maximum absolute atomic E-state index is 5.61. The van der Waals surface area contributed by atoms with E-state index in [-0.39, 0.29) is 0 Å². The topological polar surface area (TPSA) is 43.5 Å². The fraction of sp³-hybridized carbons (Fsp3) is 0.538. The van der Waals surface area contributed by atoms with Gasteiger partial charge in [-0.3, -0.25) is 0 Å². The molecule has 2 atom stereocenters. The highest BCUT2D eigenvalue weighted by Crippen LogP contribution is 2.17. The van der Waals surface area contributed by atoms with Crippen LogP contribution in [-0.2, 0) is 20.8 Å². The second-order valence-electron chi connectivity index (χ2n) is 4.38. The van der Waals surface area contributed by atoms with Gasteiger partial charge in [0.2, 0.25) is 0 Å². The van der Waals surface area contributed by atoms with Gasteiger partial charge in [0, 0.05) is 0 Å². The molecule has 0 N–H and O–H groups in total. The number of hydrogen-bond donors (Lipinski definition) is 0. The van der Waals surface area contributed by atoms with Crippen LogP contribution in [0.1, 0.15) is 5.56 Å². The first-order valence-electron chi connectivity index (χ1n) is 5.93. The highest BCUT2D eigenvalue weighted by atomic mass is 16.6. The normalized spacial score (nSPS) is 25.6. The van der Waals surface area contributed by atoms with E-state index in [4.69, 9.17) is 18.9 Å². The first-order chi connectivity index (χ1) is 8.40. The molecule has 0 spiro atoms. The van der Waals surface area contributed by atoms with Gasteiger partial charge in [0.1, 0.15) is 24.6 Å². The van der Waals surface area contributed by atoms with E-state index < -0.39 is 0 Å². The zero-order chi connectivity index (χ0) is 11.5. The zero-order valence-corrected chi connectivity index (χ0v) is 9.63. The lowest BCUT2D eigenvalue weighted by molar-refractivity contribution is 0.104. The van der Waals surface area contributed by atoms with Crippen molar-refractivity contribution in [3.8, 4) is 5.75 Å². The number of ether oxygens (including phenoxy) is 4. The van der Waals surface area contributed by atoms with Crippen LogP contribution in [0.2, 0.25) is 0 Å². The molecule has 2 saturated heterocycles. The number of epoxide rings is 2. The van der Waals surface area contributed by atoms with Crippen LogP contribution in [0, 0.1) is 0 Å². The Balaban J connectivity index is 1.46. The summed E-state index contributed by atoms with van der Waals surface area (Å²) in [6.45, 7) is 3.59. The molecule has 2 aliphatic heterocycles. The van der Waals surface area contributed by atoms with Crippen LogP contribution >= 0.6 is 0 Å². The van der Waals surface area contributed by atoms with Crippen molar-refractivity contribution >= 4 is 0 Å². The fourth-order valence-electron chi connectivity index (χ4n) is 1.55.